The molecule has 2 aliphatic rings. The van der Waals surface area contributed by atoms with Gasteiger partial charge in [0, 0.05) is 39.3 Å². The molecule has 2 fully saturated rings. The van der Waals surface area contributed by atoms with Gasteiger partial charge in [0.25, 0.3) is 5.91 Å². The summed E-state index contributed by atoms with van der Waals surface area (Å²) in [6.45, 7) is 3.50. The number of hydrogen-bond donors (Lipinski definition) is 1. The molecular weight excluding hydrogens is 294 g/mol. The van der Waals surface area contributed by atoms with E-state index in [4.69, 9.17) is 4.74 Å². The van der Waals surface area contributed by atoms with E-state index in [1.54, 1.807) is 4.90 Å². The number of urea groups is 1. The number of piperazine rings is 1. The van der Waals surface area contributed by atoms with Crippen molar-refractivity contribution in [3.63, 3.8) is 0 Å². The fraction of sp³-hybridized carbons (Fsp3) is 0.529. The zero-order valence-electron chi connectivity index (χ0n) is 13.2. The Labute approximate surface area is 136 Å². The summed E-state index contributed by atoms with van der Waals surface area (Å²) in [4.78, 5) is 28.0. The van der Waals surface area contributed by atoms with Crippen LogP contribution in [-0.2, 0) is 16.1 Å². The van der Waals surface area contributed by atoms with Gasteiger partial charge < -0.3 is 19.9 Å². The van der Waals surface area contributed by atoms with Crippen LogP contribution >= 0.6 is 0 Å². The Morgan fingerprint density at radius 3 is 2.43 bits per heavy atom. The van der Waals surface area contributed by atoms with Gasteiger partial charge in [-0.25, -0.2) is 4.79 Å². The van der Waals surface area contributed by atoms with E-state index in [2.05, 4.69) is 5.32 Å². The predicted octanol–water partition coefficient (Wildman–Crippen LogP) is 1.22. The molecule has 1 aromatic carbocycles. The number of rotatable bonds is 3. The van der Waals surface area contributed by atoms with E-state index < -0.39 is 0 Å². The van der Waals surface area contributed by atoms with Gasteiger partial charge in [-0.05, 0) is 18.4 Å². The normalized spacial score (nSPS) is 21.3. The third-order valence-electron chi connectivity index (χ3n) is 4.37. The molecule has 1 unspecified atom stereocenters. The summed E-state index contributed by atoms with van der Waals surface area (Å²) < 4.78 is 5.45. The van der Waals surface area contributed by atoms with Crippen molar-refractivity contribution in [2.75, 3.05) is 32.8 Å². The summed E-state index contributed by atoms with van der Waals surface area (Å²) in [6, 6.07) is 9.76. The van der Waals surface area contributed by atoms with Crippen molar-refractivity contribution in [2.24, 2.45) is 0 Å². The second-order valence-corrected chi connectivity index (χ2v) is 5.96. The molecule has 2 heterocycles. The molecular formula is C17H23N3O3. The average Bonchev–Trinajstić information content (AvgIpc) is 3.15. The molecule has 2 saturated heterocycles. The molecule has 124 valence electrons. The van der Waals surface area contributed by atoms with Gasteiger partial charge in [-0.2, -0.15) is 0 Å². The summed E-state index contributed by atoms with van der Waals surface area (Å²) in [7, 11) is 0. The molecule has 0 aromatic heterocycles. The molecule has 6 heteroatoms. The van der Waals surface area contributed by atoms with E-state index in [1.807, 2.05) is 35.2 Å². The van der Waals surface area contributed by atoms with Gasteiger partial charge in [-0.1, -0.05) is 30.3 Å². The predicted molar refractivity (Wildman–Crippen MR) is 85.8 cm³/mol. The number of benzene rings is 1. The molecule has 2 aliphatic heterocycles. The maximum Gasteiger partial charge on any atom is 0.317 e. The molecule has 0 saturated carbocycles. The van der Waals surface area contributed by atoms with Crippen molar-refractivity contribution < 1.29 is 14.3 Å². The summed E-state index contributed by atoms with van der Waals surface area (Å²) in [6.07, 6.45) is 1.50. The lowest BCUT2D eigenvalue weighted by molar-refractivity contribution is -0.142. The first-order valence-corrected chi connectivity index (χ1v) is 8.21. The van der Waals surface area contributed by atoms with Gasteiger partial charge in [-0.15, -0.1) is 0 Å². The van der Waals surface area contributed by atoms with Gasteiger partial charge in [0.05, 0.1) is 0 Å². The number of amides is 3. The lowest BCUT2D eigenvalue weighted by Gasteiger charge is -2.35. The third kappa shape index (κ3) is 4.01. The zero-order valence-corrected chi connectivity index (χ0v) is 13.2. The number of nitrogens with one attached hydrogen (secondary N) is 1. The summed E-state index contributed by atoms with van der Waals surface area (Å²) in [5.74, 6) is 0.0758. The third-order valence-corrected chi connectivity index (χ3v) is 4.37. The van der Waals surface area contributed by atoms with Crippen LogP contribution in [0.4, 0.5) is 4.79 Å². The van der Waals surface area contributed by atoms with Crippen molar-refractivity contribution in [3.05, 3.63) is 35.9 Å². The van der Waals surface area contributed by atoms with E-state index in [1.165, 1.54) is 0 Å². The number of ether oxygens (including phenoxy) is 1. The first-order chi connectivity index (χ1) is 11.2. The minimum Gasteiger partial charge on any atom is -0.368 e. The van der Waals surface area contributed by atoms with E-state index >= 15 is 0 Å². The highest BCUT2D eigenvalue weighted by atomic mass is 16.5. The largest absolute Gasteiger partial charge is 0.368 e. The molecule has 23 heavy (non-hydrogen) atoms. The van der Waals surface area contributed by atoms with Gasteiger partial charge >= 0.3 is 6.03 Å². The Morgan fingerprint density at radius 1 is 1.09 bits per heavy atom. The van der Waals surface area contributed by atoms with Crippen LogP contribution in [0.25, 0.3) is 0 Å². The second-order valence-electron chi connectivity index (χ2n) is 5.96. The first-order valence-electron chi connectivity index (χ1n) is 8.21. The Balaban J connectivity index is 1.43. The van der Waals surface area contributed by atoms with Crippen LogP contribution in [0.3, 0.4) is 0 Å². The number of nitrogens with zero attached hydrogens (tertiary/aromatic N) is 2. The Morgan fingerprint density at radius 2 is 1.78 bits per heavy atom. The van der Waals surface area contributed by atoms with Crippen molar-refractivity contribution in [1.82, 2.24) is 15.1 Å². The van der Waals surface area contributed by atoms with Crippen LogP contribution in [0.1, 0.15) is 18.4 Å². The fourth-order valence-electron chi connectivity index (χ4n) is 2.99. The van der Waals surface area contributed by atoms with Gasteiger partial charge in [0.2, 0.25) is 0 Å². The molecule has 0 bridgehead atoms. The standard InChI is InChI=1S/C17H23N3O3/c21-16(15-7-4-12-23-15)19-8-10-20(11-9-19)17(22)18-13-14-5-2-1-3-6-14/h1-3,5-6,15H,4,7-13H2,(H,18,22). The van der Waals surface area contributed by atoms with Crippen molar-refractivity contribution in [3.8, 4) is 0 Å². The summed E-state index contributed by atoms with van der Waals surface area (Å²) in [5.41, 5.74) is 1.08. The van der Waals surface area contributed by atoms with Crippen LogP contribution < -0.4 is 5.32 Å². The highest BCUT2D eigenvalue weighted by molar-refractivity contribution is 5.81. The number of carbonyl (C=O) groups excluding carboxylic acids is 2. The summed E-state index contributed by atoms with van der Waals surface area (Å²) >= 11 is 0. The van der Waals surface area contributed by atoms with Crippen molar-refractivity contribution in [1.29, 1.82) is 0 Å². The minimum atomic E-state index is -0.270. The topological polar surface area (TPSA) is 61.9 Å². The number of carbonyl (C=O) groups is 2. The van der Waals surface area contributed by atoms with E-state index in [0.29, 0.717) is 39.3 Å². The van der Waals surface area contributed by atoms with Gasteiger partial charge in [0.15, 0.2) is 0 Å². The molecule has 3 amide bonds. The van der Waals surface area contributed by atoms with Gasteiger partial charge in [0.1, 0.15) is 6.10 Å². The monoisotopic (exact) mass is 317 g/mol. The lowest BCUT2D eigenvalue weighted by Crippen LogP contribution is -2.54. The molecule has 1 aromatic rings. The zero-order chi connectivity index (χ0) is 16.1. The highest BCUT2D eigenvalue weighted by Crippen LogP contribution is 2.16. The Kier molecular flexibility index (Phi) is 5.12. The van der Waals surface area contributed by atoms with Crippen LogP contribution in [0.5, 0.6) is 0 Å². The first kappa shape index (κ1) is 15.8. The molecule has 6 nitrogen and oxygen atoms in total. The van der Waals surface area contributed by atoms with Crippen LogP contribution in [0, 0.1) is 0 Å². The Bertz CT molecular complexity index is 535. The van der Waals surface area contributed by atoms with Crippen molar-refractivity contribution >= 4 is 11.9 Å². The maximum atomic E-state index is 12.3. The Hall–Kier alpha value is -2.08. The van der Waals surface area contributed by atoms with E-state index in [9.17, 15) is 9.59 Å². The molecule has 0 aliphatic carbocycles. The second kappa shape index (κ2) is 7.46. The lowest BCUT2D eigenvalue weighted by atomic mass is 10.2. The highest BCUT2D eigenvalue weighted by Gasteiger charge is 2.31. The SMILES string of the molecule is O=C(NCc1ccccc1)N1CCN(C(=O)C2CCCO2)CC1. The van der Waals surface area contributed by atoms with Crippen molar-refractivity contribution in [2.45, 2.75) is 25.5 Å². The fourth-order valence-corrected chi connectivity index (χ4v) is 2.99. The number of hydrogen-bond acceptors (Lipinski definition) is 3. The maximum absolute atomic E-state index is 12.3. The molecule has 1 atom stereocenters. The molecule has 1 N–H and O–H groups in total. The summed E-state index contributed by atoms with van der Waals surface area (Å²) in [5, 5.41) is 2.93. The smallest absolute Gasteiger partial charge is 0.317 e. The minimum absolute atomic E-state index is 0.0712. The molecule has 0 spiro atoms. The van der Waals surface area contributed by atoms with Crippen LogP contribution in [0.2, 0.25) is 0 Å². The van der Waals surface area contributed by atoms with Gasteiger partial charge in [-0.3, -0.25) is 4.79 Å². The van der Waals surface area contributed by atoms with E-state index in [-0.39, 0.29) is 18.0 Å². The van der Waals surface area contributed by atoms with Crippen LogP contribution in [0.15, 0.2) is 30.3 Å². The van der Waals surface area contributed by atoms with E-state index in [0.717, 1.165) is 18.4 Å². The molecule has 3 rings (SSSR count). The molecule has 0 radical (unpaired) electrons. The van der Waals surface area contributed by atoms with Crippen LogP contribution in [-0.4, -0.2) is 60.6 Å². The average molecular weight is 317 g/mol. The quantitative estimate of drug-likeness (QED) is 0.912.